The van der Waals surface area contributed by atoms with E-state index in [0.717, 1.165) is 22.4 Å². The molecule has 0 amide bonds. The standard InChI is InChI=1S/C22H23ClN2O4/c1-14-15(2)24-25(3)21(14)29-19-12-20(28-13-16-7-5-4-6-8-16)18(23)11-17(19)22-26-9-10-27-22/h4-8,11-12,22H,9-10,13H2,1-3H3. The number of ether oxygens (including phenoxy) is 4. The van der Waals surface area contributed by atoms with Crippen molar-refractivity contribution < 1.29 is 18.9 Å². The average molecular weight is 415 g/mol. The second-order valence-corrected chi connectivity index (χ2v) is 7.32. The summed E-state index contributed by atoms with van der Waals surface area (Å²) in [5.74, 6) is 1.75. The Bertz CT molecular complexity index is 998. The van der Waals surface area contributed by atoms with Crippen molar-refractivity contribution in [2.24, 2.45) is 7.05 Å². The zero-order valence-electron chi connectivity index (χ0n) is 16.6. The molecule has 0 N–H and O–H groups in total. The van der Waals surface area contributed by atoms with Crippen LogP contribution in [0.5, 0.6) is 17.4 Å². The predicted molar refractivity (Wildman–Crippen MR) is 110 cm³/mol. The van der Waals surface area contributed by atoms with Gasteiger partial charge >= 0.3 is 0 Å². The van der Waals surface area contributed by atoms with Crippen molar-refractivity contribution in [2.75, 3.05) is 13.2 Å². The van der Waals surface area contributed by atoms with Crippen molar-refractivity contribution in [2.45, 2.75) is 26.7 Å². The van der Waals surface area contributed by atoms with Gasteiger partial charge in [-0.15, -0.1) is 0 Å². The van der Waals surface area contributed by atoms with Crippen molar-refractivity contribution in [3.8, 4) is 17.4 Å². The molecule has 1 aliphatic heterocycles. The monoisotopic (exact) mass is 414 g/mol. The van der Waals surface area contributed by atoms with Crippen molar-refractivity contribution in [1.82, 2.24) is 9.78 Å². The lowest BCUT2D eigenvalue weighted by atomic mass is 10.1. The molecular weight excluding hydrogens is 392 g/mol. The molecule has 7 heteroatoms. The molecule has 1 saturated heterocycles. The molecule has 0 aliphatic carbocycles. The molecule has 2 heterocycles. The Kier molecular flexibility index (Phi) is 5.76. The molecule has 1 fully saturated rings. The summed E-state index contributed by atoms with van der Waals surface area (Å²) in [7, 11) is 1.85. The van der Waals surface area contributed by atoms with Crippen LogP contribution in [0.15, 0.2) is 42.5 Å². The maximum atomic E-state index is 6.51. The van der Waals surface area contributed by atoms with Gasteiger partial charge in [-0.1, -0.05) is 41.9 Å². The lowest BCUT2D eigenvalue weighted by Gasteiger charge is -2.18. The van der Waals surface area contributed by atoms with Gasteiger partial charge in [0.1, 0.15) is 18.1 Å². The summed E-state index contributed by atoms with van der Waals surface area (Å²) in [6, 6.07) is 13.5. The maximum absolute atomic E-state index is 6.51. The van der Waals surface area contributed by atoms with Gasteiger partial charge in [-0.05, 0) is 25.5 Å². The number of rotatable bonds is 6. The first kappa shape index (κ1) is 19.8. The molecule has 0 atom stereocenters. The summed E-state index contributed by atoms with van der Waals surface area (Å²) in [5.41, 5.74) is 3.65. The van der Waals surface area contributed by atoms with Crippen molar-refractivity contribution in [3.05, 3.63) is 69.9 Å². The number of hydrogen-bond acceptors (Lipinski definition) is 5. The van der Waals surface area contributed by atoms with E-state index in [4.69, 9.17) is 30.5 Å². The quantitative estimate of drug-likeness (QED) is 0.561. The Balaban J connectivity index is 1.67. The Morgan fingerprint density at radius 3 is 2.48 bits per heavy atom. The third kappa shape index (κ3) is 4.24. The van der Waals surface area contributed by atoms with E-state index in [0.29, 0.717) is 42.2 Å². The number of hydrogen-bond donors (Lipinski definition) is 0. The van der Waals surface area contributed by atoms with Gasteiger partial charge in [0.2, 0.25) is 5.88 Å². The zero-order valence-corrected chi connectivity index (χ0v) is 17.4. The van der Waals surface area contributed by atoms with Crippen LogP contribution in [-0.4, -0.2) is 23.0 Å². The van der Waals surface area contributed by atoms with Gasteiger partial charge in [-0.2, -0.15) is 5.10 Å². The van der Waals surface area contributed by atoms with Gasteiger partial charge in [-0.3, -0.25) is 0 Å². The maximum Gasteiger partial charge on any atom is 0.220 e. The van der Waals surface area contributed by atoms with Crippen LogP contribution in [0.25, 0.3) is 0 Å². The second kappa shape index (κ2) is 8.45. The van der Waals surface area contributed by atoms with Crippen LogP contribution in [0.3, 0.4) is 0 Å². The van der Waals surface area contributed by atoms with Crippen LogP contribution in [0, 0.1) is 13.8 Å². The highest BCUT2D eigenvalue weighted by Crippen LogP contribution is 2.41. The number of aryl methyl sites for hydroxylation is 2. The molecule has 0 spiro atoms. The van der Waals surface area contributed by atoms with Crippen LogP contribution in [0.2, 0.25) is 5.02 Å². The molecule has 1 aliphatic rings. The minimum Gasteiger partial charge on any atom is -0.487 e. The minimum atomic E-state index is -0.527. The van der Waals surface area contributed by atoms with E-state index in [1.165, 1.54) is 0 Å². The summed E-state index contributed by atoms with van der Waals surface area (Å²) in [6.45, 7) is 5.38. The summed E-state index contributed by atoms with van der Waals surface area (Å²) < 4.78 is 25.3. The normalized spacial score (nSPS) is 14.3. The molecule has 152 valence electrons. The van der Waals surface area contributed by atoms with Crippen molar-refractivity contribution in [1.29, 1.82) is 0 Å². The van der Waals surface area contributed by atoms with Gasteiger partial charge in [-0.25, -0.2) is 4.68 Å². The first-order valence-corrected chi connectivity index (χ1v) is 9.82. The molecule has 29 heavy (non-hydrogen) atoms. The number of benzene rings is 2. The minimum absolute atomic E-state index is 0.402. The molecule has 0 bridgehead atoms. The highest BCUT2D eigenvalue weighted by molar-refractivity contribution is 6.32. The highest BCUT2D eigenvalue weighted by Gasteiger charge is 2.26. The van der Waals surface area contributed by atoms with Crippen LogP contribution in [0.1, 0.15) is 28.7 Å². The van der Waals surface area contributed by atoms with E-state index in [-0.39, 0.29) is 0 Å². The van der Waals surface area contributed by atoms with Crippen molar-refractivity contribution >= 4 is 11.6 Å². The first-order valence-electron chi connectivity index (χ1n) is 9.44. The Morgan fingerprint density at radius 1 is 1.10 bits per heavy atom. The molecule has 3 aromatic rings. The average Bonchev–Trinajstić information content (AvgIpc) is 3.33. The fourth-order valence-corrected chi connectivity index (χ4v) is 3.42. The van der Waals surface area contributed by atoms with Gasteiger partial charge in [0, 0.05) is 18.7 Å². The molecule has 0 saturated carbocycles. The summed E-state index contributed by atoms with van der Waals surface area (Å²) in [6.07, 6.45) is -0.527. The van der Waals surface area contributed by atoms with E-state index in [2.05, 4.69) is 5.10 Å². The van der Waals surface area contributed by atoms with Crippen molar-refractivity contribution in [3.63, 3.8) is 0 Å². The molecular formula is C22H23ClN2O4. The van der Waals surface area contributed by atoms with Crippen LogP contribution < -0.4 is 9.47 Å². The van der Waals surface area contributed by atoms with E-state index in [1.54, 1.807) is 16.8 Å². The molecule has 4 rings (SSSR count). The second-order valence-electron chi connectivity index (χ2n) is 6.91. The third-order valence-corrected chi connectivity index (χ3v) is 5.14. The number of aromatic nitrogens is 2. The summed E-state index contributed by atoms with van der Waals surface area (Å²) >= 11 is 6.51. The molecule has 0 unspecified atom stereocenters. The lowest BCUT2D eigenvalue weighted by Crippen LogP contribution is -2.05. The van der Waals surface area contributed by atoms with Gasteiger partial charge in [0.05, 0.1) is 29.5 Å². The van der Waals surface area contributed by atoms with Gasteiger partial charge in [0.25, 0.3) is 0 Å². The Morgan fingerprint density at radius 2 is 1.83 bits per heavy atom. The van der Waals surface area contributed by atoms with E-state index < -0.39 is 6.29 Å². The molecule has 6 nitrogen and oxygen atoms in total. The van der Waals surface area contributed by atoms with E-state index >= 15 is 0 Å². The fourth-order valence-electron chi connectivity index (χ4n) is 3.20. The highest BCUT2D eigenvalue weighted by atomic mass is 35.5. The summed E-state index contributed by atoms with van der Waals surface area (Å²) in [5, 5.41) is 4.89. The largest absolute Gasteiger partial charge is 0.487 e. The topological polar surface area (TPSA) is 54.7 Å². The third-order valence-electron chi connectivity index (χ3n) is 4.84. The van der Waals surface area contributed by atoms with E-state index in [9.17, 15) is 0 Å². The Labute approximate surface area is 174 Å². The SMILES string of the molecule is Cc1nn(C)c(Oc2cc(OCc3ccccc3)c(Cl)cc2C2OCCO2)c1C. The first-order chi connectivity index (χ1) is 14.0. The Hall–Kier alpha value is -2.54. The van der Waals surface area contributed by atoms with E-state index in [1.807, 2.05) is 51.2 Å². The van der Waals surface area contributed by atoms with Crippen LogP contribution in [0.4, 0.5) is 0 Å². The molecule has 0 radical (unpaired) electrons. The lowest BCUT2D eigenvalue weighted by molar-refractivity contribution is -0.0453. The number of nitrogens with zero attached hydrogens (tertiary/aromatic N) is 2. The smallest absolute Gasteiger partial charge is 0.220 e. The zero-order chi connectivity index (χ0) is 20.4. The number of halogens is 1. The molecule has 2 aromatic carbocycles. The fraction of sp³-hybridized carbons (Fsp3) is 0.318. The summed E-state index contributed by atoms with van der Waals surface area (Å²) in [4.78, 5) is 0. The van der Waals surface area contributed by atoms with Crippen LogP contribution >= 0.6 is 11.6 Å². The van der Waals surface area contributed by atoms with Gasteiger partial charge in [0.15, 0.2) is 6.29 Å². The van der Waals surface area contributed by atoms with Crippen LogP contribution in [-0.2, 0) is 23.1 Å². The molecule has 1 aromatic heterocycles. The van der Waals surface area contributed by atoms with Gasteiger partial charge < -0.3 is 18.9 Å². The predicted octanol–water partition coefficient (Wildman–Crippen LogP) is 5.11.